The standard InChI is InChI=1S/C25H33BN6OS/c1-24(9-10-24)31-34-21-5-6-22(18(13-21)17-33)32(23(26)19(14-27)15-28-2)20(16-29-3)7-8-25(30-4)11-12-25/h5-6,13-15,17,20,23,30-31H,3,9-12,16,27H2,1-2,4H3/b19-14+,28-15?. The highest BCUT2D eigenvalue weighted by Crippen LogP contribution is 2.38. The number of nitrogens with two attached hydrogens (primary N) is 1. The number of anilines is 1. The molecule has 0 amide bonds. The molecule has 0 saturated heterocycles. The van der Waals surface area contributed by atoms with Crippen LogP contribution in [0.4, 0.5) is 5.69 Å². The summed E-state index contributed by atoms with van der Waals surface area (Å²) in [6.07, 6.45) is 8.17. The number of carbonyl (C=O) groups is 1. The van der Waals surface area contributed by atoms with Crippen molar-refractivity contribution in [2.75, 3.05) is 25.5 Å². The zero-order valence-electron chi connectivity index (χ0n) is 20.2. The summed E-state index contributed by atoms with van der Waals surface area (Å²) in [5.41, 5.74) is 7.65. The van der Waals surface area contributed by atoms with Crippen LogP contribution in [0.15, 0.2) is 44.9 Å². The summed E-state index contributed by atoms with van der Waals surface area (Å²) in [5.74, 6) is 6.01. The minimum atomic E-state index is -0.694. The molecule has 0 heterocycles. The lowest BCUT2D eigenvalue weighted by atomic mass is 9.85. The third kappa shape index (κ3) is 6.32. The lowest BCUT2D eigenvalue weighted by Crippen LogP contribution is -2.47. The van der Waals surface area contributed by atoms with Gasteiger partial charge in [0.2, 0.25) is 0 Å². The fraction of sp³-hybridized carbons (Fsp3) is 0.480. The molecule has 1 aromatic rings. The van der Waals surface area contributed by atoms with Gasteiger partial charge in [-0.25, -0.2) is 0 Å². The number of nitrogens with zero attached hydrogens (tertiary/aromatic N) is 3. The van der Waals surface area contributed by atoms with Crippen LogP contribution in [0, 0.1) is 11.8 Å². The molecule has 0 spiro atoms. The molecule has 2 aliphatic carbocycles. The van der Waals surface area contributed by atoms with Gasteiger partial charge in [0.05, 0.1) is 12.1 Å². The van der Waals surface area contributed by atoms with Gasteiger partial charge in [-0.2, -0.15) is 0 Å². The zero-order valence-corrected chi connectivity index (χ0v) is 21.0. The Hall–Kier alpha value is -2.54. The lowest BCUT2D eigenvalue weighted by molar-refractivity contribution is 0.112. The van der Waals surface area contributed by atoms with Crippen LogP contribution in [0.25, 0.3) is 0 Å². The molecule has 2 fully saturated rings. The minimum Gasteiger partial charge on any atom is -0.404 e. The van der Waals surface area contributed by atoms with Crippen LogP contribution in [0.3, 0.4) is 0 Å². The average Bonchev–Trinajstić information content (AvgIpc) is 3.78. The van der Waals surface area contributed by atoms with Crippen LogP contribution in [0.1, 0.15) is 43.0 Å². The monoisotopic (exact) mass is 476 g/mol. The highest BCUT2D eigenvalue weighted by atomic mass is 32.2. The van der Waals surface area contributed by atoms with Gasteiger partial charge in [-0.3, -0.25) is 19.5 Å². The molecule has 0 bridgehead atoms. The smallest absolute Gasteiger partial charge is 0.152 e. The number of carbonyl (C=O) groups excluding carboxylic acids is 1. The van der Waals surface area contributed by atoms with Crippen molar-refractivity contribution in [2.45, 2.75) is 60.6 Å². The summed E-state index contributed by atoms with van der Waals surface area (Å²) in [5, 5.41) is 3.29. The molecule has 2 radical (unpaired) electrons. The number of nitrogens with one attached hydrogen (secondary N) is 2. The van der Waals surface area contributed by atoms with Crippen molar-refractivity contribution in [3.05, 3.63) is 35.5 Å². The Labute approximate surface area is 208 Å². The minimum absolute atomic E-state index is 0.168. The summed E-state index contributed by atoms with van der Waals surface area (Å²) in [6.45, 7) is 6.19. The van der Waals surface area contributed by atoms with Gasteiger partial charge in [-0.15, -0.1) is 0 Å². The molecule has 2 saturated carbocycles. The predicted octanol–water partition coefficient (Wildman–Crippen LogP) is 2.32. The summed E-state index contributed by atoms with van der Waals surface area (Å²) >= 11 is 1.53. The highest BCUT2D eigenvalue weighted by molar-refractivity contribution is 7.97. The third-order valence-corrected chi connectivity index (χ3v) is 7.36. The fourth-order valence-electron chi connectivity index (χ4n) is 3.55. The Morgan fingerprint density at radius 1 is 1.41 bits per heavy atom. The molecule has 0 aromatic heterocycles. The van der Waals surface area contributed by atoms with Gasteiger partial charge in [0.15, 0.2) is 6.29 Å². The van der Waals surface area contributed by atoms with E-state index in [1.54, 1.807) is 13.3 Å². The van der Waals surface area contributed by atoms with Crippen molar-refractivity contribution in [3.8, 4) is 11.8 Å². The van der Waals surface area contributed by atoms with E-state index in [1.165, 1.54) is 18.1 Å². The molecule has 4 N–H and O–H groups in total. The number of benzene rings is 1. The first-order valence-electron chi connectivity index (χ1n) is 11.4. The Bertz CT molecular complexity index is 1020. The Balaban J connectivity index is 2.02. The van der Waals surface area contributed by atoms with Gasteiger partial charge in [-0.05, 0) is 88.3 Å². The Morgan fingerprint density at radius 2 is 2.15 bits per heavy atom. The first-order chi connectivity index (χ1) is 16.3. The molecule has 178 valence electrons. The van der Waals surface area contributed by atoms with E-state index in [2.05, 4.69) is 45.5 Å². The van der Waals surface area contributed by atoms with Gasteiger partial charge in [0, 0.05) is 40.9 Å². The maximum Gasteiger partial charge on any atom is 0.152 e. The van der Waals surface area contributed by atoms with Crippen LogP contribution in [0.5, 0.6) is 0 Å². The summed E-state index contributed by atoms with van der Waals surface area (Å²) < 4.78 is 3.48. The van der Waals surface area contributed by atoms with Crippen LogP contribution in [0.2, 0.25) is 0 Å². The maximum atomic E-state index is 12.2. The number of rotatable bonds is 12. The van der Waals surface area contributed by atoms with Crippen molar-refractivity contribution < 1.29 is 4.79 Å². The van der Waals surface area contributed by atoms with Crippen molar-refractivity contribution in [2.24, 2.45) is 15.7 Å². The van der Waals surface area contributed by atoms with Crippen LogP contribution in [-0.4, -0.2) is 70.8 Å². The van der Waals surface area contributed by atoms with E-state index in [0.29, 0.717) is 23.4 Å². The third-order valence-electron chi connectivity index (χ3n) is 6.28. The first kappa shape index (κ1) is 26.1. The Kier molecular flexibility index (Phi) is 8.64. The molecule has 2 unspecified atom stereocenters. The van der Waals surface area contributed by atoms with Crippen LogP contribution < -0.4 is 20.7 Å². The number of hydrogen-bond donors (Lipinski definition) is 3. The average molecular weight is 476 g/mol. The van der Waals surface area contributed by atoms with E-state index in [1.807, 2.05) is 30.1 Å². The van der Waals surface area contributed by atoms with E-state index in [-0.39, 0.29) is 11.1 Å². The van der Waals surface area contributed by atoms with Gasteiger partial charge in [0.25, 0.3) is 0 Å². The molecule has 1 aromatic carbocycles. The van der Waals surface area contributed by atoms with Crippen molar-refractivity contribution in [1.82, 2.24) is 10.0 Å². The van der Waals surface area contributed by atoms with Gasteiger partial charge < -0.3 is 16.0 Å². The quantitative estimate of drug-likeness (QED) is 0.141. The molecular weight excluding hydrogens is 443 g/mol. The molecule has 9 heteroatoms. The molecule has 2 atom stereocenters. The molecule has 7 nitrogen and oxygen atoms in total. The summed E-state index contributed by atoms with van der Waals surface area (Å²) in [6, 6.07) is 5.34. The second kappa shape index (κ2) is 11.3. The normalized spacial score (nSPS) is 19.6. The zero-order chi connectivity index (χ0) is 24.8. The van der Waals surface area contributed by atoms with Crippen molar-refractivity contribution >= 4 is 44.7 Å². The van der Waals surface area contributed by atoms with Crippen molar-refractivity contribution in [3.63, 3.8) is 0 Å². The lowest BCUT2D eigenvalue weighted by Gasteiger charge is -2.37. The van der Waals surface area contributed by atoms with Crippen LogP contribution >= 0.6 is 11.9 Å². The topological polar surface area (TPSA) is 95.1 Å². The molecule has 2 aliphatic rings. The SMILES string of the molecule is [B]C(/C(C=NC)=C/N)N(c1ccc(SNC2(C)CC2)cc1C=O)C(C#CC1(NC)CC1)CN=C. The summed E-state index contributed by atoms with van der Waals surface area (Å²) in [4.78, 5) is 23.2. The molecule has 34 heavy (non-hydrogen) atoms. The molecule has 0 aliphatic heterocycles. The predicted molar refractivity (Wildman–Crippen MR) is 144 cm³/mol. The number of aliphatic imine (C=N–C) groups is 2. The first-order valence-corrected chi connectivity index (χ1v) is 12.2. The maximum absolute atomic E-state index is 12.2. The second-order valence-electron chi connectivity index (χ2n) is 9.03. The molecular formula is C25H33BN6OS. The largest absolute Gasteiger partial charge is 0.404 e. The number of hydrogen-bond acceptors (Lipinski definition) is 8. The van der Waals surface area contributed by atoms with Crippen molar-refractivity contribution in [1.29, 1.82) is 0 Å². The van der Waals surface area contributed by atoms with E-state index in [4.69, 9.17) is 13.6 Å². The number of aldehydes is 1. The van der Waals surface area contributed by atoms with Gasteiger partial charge in [-0.1, -0.05) is 11.8 Å². The fourth-order valence-corrected chi connectivity index (χ4v) is 4.44. The highest BCUT2D eigenvalue weighted by Gasteiger charge is 2.40. The second-order valence-corrected chi connectivity index (χ2v) is 9.91. The molecule has 3 rings (SSSR count). The van der Waals surface area contributed by atoms with E-state index < -0.39 is 12.0 Å². The van der Waals surface area contributed by atoms with E-state index >= 15 is 0 Å². The van der Waals surface area contributed by atoms with E-state index in [9.17, 15) is 4.79 Å². The van der Waals surface area contributed by atoms with Gasteiger partial charge in [0.1, 0.15) is 13.9 Å². The van der Waals surface area contributed by atoms with Gasteiger partial charge >= 0.3 is 0 Å². The Morgan fingerprint density at radius 3 is 2.68 bits per heavy atom. The summed E-state index contributed by atoms with van der Waals surface area (Å²) in [7, 11) is 10.3. The van der Waals surface area contributed by atoms with E-state index in [0.717, 1.165) is 36.9 Å². The van der Waals surface area contributed by atoms with Crippen LogP contribution in [-0.2, 0) is 0 Å².